The smallest absolute Gasteiger partial charge is 0.323 e. The Kier molecular flexibility index (Phi) is 1.75. The number of ether oxygens (including phenoxy) is 1. The molecule has 1 saturated heterocycles. The summed E-state index contributed by atoms with van der Waals surface area (Å²) >= 11 is 4.57. The van der Waals surface area contributed by atoms with Gasteiger partial charge in [0.05, 0.1) is 29.0 Å². The van der Waals surface area contributed by atoms with Crippen molar-refractivity contribution in [3.8, 4) is 0 Å². The number of nitrogens with one attached hydrogen (secondary N) is 2. The lowest BCUT2D eigenvalue weighted by Crippen LogP contribution is -2.41. The van der Waals surface area contributed by atoms with Gasteiger partial charge in [0.15, 0.2) is 0 Å². The first-order chi connectivity index (χ1) is 7.17. The maximum atomic E-state index is 11.1. The molecule has 2 heterocycles. The number of rotatable bonds is 1. The van der Waals surface area contributed by atoms with E-state index in [1.807, 2.05) is 18.2 Å². The molecule has 4 nitrogen and oxygen atoms in total. The van der Waals surface area contributed by atoms with E-state index in [0.29, 0.717) is 13.2 Å². The molecule has 0 radical (unpaired) electrons. The number of thiol groups is 1. The minimum absolute atomic E-state index is 0.180. The highest BCUT2D eigenvalue weighted by atomic mass is 32.1. The molecule has 2 N–H and O–H groups in total. The van der Waals surface area contributed by atoms with Crippen molar-refractivity contribution >= 4 is 23.7 Å². The van der Waals surface area contributed by atoms with Gasteiger partial charge in [0.25, 0.3) is 0 Å². The third-order valence-electron chi connectivity index (χ3n) is 2.74. The summed E-state index contributed by atoms with van der Waals surface area (Å²) in [5.74, 6) is 0. The van der Waals surface area contributed by atoms with Gasteiger partial charge in [-0.1, -0.05) is 6.07 Å². The second-order valence-corrected chi connectivity index (χ2v) is 4.72. The monoisotopic (exact) mass is 222 g/mol. The van der Waals surface area contributed by atoms with Crippen molar-refractivity contribution in [1.29, 1.82) is 0 Å². The van der Waals surface area contributed by atoms with Crippen LogP contribution in [-0.4, -0.2) is 23.2 Å². The van der Waals surface area contributed by atoms with E-state index in [9.17, 15) is 4.79 Å². The lowest BCUT2D eigenvalue weighted by atomic mass is 9.96. The molecule has 0 saturated carbocycles. The van der Waals surface area contributed by atoms with E-state index in [0.717, 1.165) is 16.6 Å². The predicted molar refractivity (Wildman–Crippen MR) is 60.4 cm³/mol. The second kappa shape index (κ2) is 2.90. The maximum absolute atomic E-state index is 11.1. The molecule has 0 bridgehead atoms. The fourth-order valence-corrected chi connectivity index (χ4v) is 2.11. The van der Waals surface area contributed by atoms with Gasteiger partial charge in [-0.3, -0.25) is 0 Å². The minimum atomic E-state index is -0.192. The highest BCUT2D eigenvalue weighted by molar-refractivity contribution is 7.81. The molecule has 0 spiro atoms. The van der Waals surface area contributed by atoms with Crippen LogP contribution in [0.2, 0.25) is 0 Å². The lowest BCUT2D eigenvalue weighted by molar-refractivity contribution is -0.00964. The second-order valence-electron chi connectivity index (χ2n) is 3.86. The molecule has 0 aliphatic carbocycles. The van der Waals surface area contributed by atoms with Crippen LogP contribution in [0, 0.1) is 0 Å². The average Bonchev–Trinajstić information content (AvgIpc) is 2.53. The van der Waals surface area contributed by atoms with Crippen LogP contribution in [0.4, 0.5) is 0 Å². The minimum Gasteiger partial charge on any atom is -0.378 e. The molecule has 15 heavy (non-hydrogen) atoms. The van der Waals surface area contributed by atoms with Crippen LogP contribution in [0.3, 0.4) is 0 Å². The normalized spacial score (nSPS) is 19.0. The number of aromatic amines is 2. The van der Waals surface area contributed by atoms with Gasteiger partial charge in [-0.15, -0.1) is 0 Å². The van der Waals surface area contributed by atoms with Crippen molar-refractivity contribution in [1.82, 2.24) is 9.97 Å². The summed E-state index contributed by atoms with van der Waals surface area (Å²) in [6, 6.07) is 5.81. The number of fused-ring (bicyclic) bond motifs is 1. The molecule has 78 valence electrons. The molecule has 1 aromatic heterocycles. The van der Waals surface area contributed by atoms with Crippen molar-refractivity contribution < 1.29 is 4.74 Å². The third-order valence-corrected chi connectivity index (χ3v) is 3.25. The van der Waals surface area contributed by atoms with Gasteiger partial charge < -0.3 is 14.7 Å². The molecule has 0 atom stereocenters. The van der Waals surface area contributed by atoms with Gasteiger partial charge in [-0.25, -0.2) is 4.79 Å². The van der Waals surface area contributed by atoms with E-state index in [4.69, 9.17) is 4.74 Å². The summed E-state index contributed by atoms with van der Waals surface area (Å²) in [6.45, 7) is 1.24. The molecular formula is C10H10N2O2S. The Labute approximate surface area is 91.1 Å². The number of imidazole rings is 1. The first kappa shape index (κ1) is 9.06. The molecule has 1 aliphatic heterocycles. The van der Waals surface area contributed by atoms with E-state index >= 15 is 0 Å². The number of benzene rings is 1. The van der Waals surface area contributed by atoms with Gasteiger partial charge in [0, 0.05) is 0 Å². The summed E-state index contributed by atoms with van der Waals surface area (Å²) in [7, 11) is 0. The first-order valence-electron chi connectivity index (χ1n) is 4.70. The summed E-state index contributed by atoms with van der Waals surface area (Å²) in [6.07, 6.45) is 0. The average molecular weight is 222 g/mol. The Morgan fingerprint density at radius 3 is 2.67 bits per heavy atom. The molecule has 2 aromatic rings. The van der Waals surface area contributed by atoms with E-state index in [2.05, 4.69) is 22.6 Å². The van der Waals surface area contributed by atoms with Crippen LogP contribution in [0.1, 0.15) is 5.56 Å². The third kappa shape index (κ3) is 1.31. The summed E-state index contributed by atoms with van der Waals surface area (Å²) < 4.78 is 4.96. The van der Waals surface area contributed by atoms with Gasteiger partial charge in [0.1, 0.15) is 0 Å². The van der Waals surface area contributed by atoms with E-state index in [1.165, 1.54) is 0 Å². The van der Waals surface area contributed by atoms with Crippen molar-refractivity contribution in [2.45, 2.75) is 4.75 Å². The Morgan fingerprint density at radius 1 is 1.27 bits per heavy atom. The van der Waals surface area contributed by atoms with E-state index < -0.39 is 0 Å². The van der Waals surface area contributed by atoms with Crippen LogP contribution in [0.5, 0.6) is 0 Å². The SMILES string of the molecule is O=c1[nH]c2ccc(C3(S)COC3)cc2[nH]1. The molecule has 0 amide bonds. The van der Waals surface area contributed by atoms with Crippen molar-refractivity contribution in [2.75, 3.05) is 13.2 Å². The van der Waals surface area contributed by atoms with Crippen LogP contribution in [-0.2, 0) is 9.48 Å². The topological polar surface area (TPSA) is 57.9 Å². The van der Waals surface area contributed by atoms with Crippen molar-refractivity contribution in [3.63, 3.8) is 0 Å². The largest absolute Gasteiger partial charge is 0.378 e. The Morgan fingerprint density at radius 2 is 2.00 bits per heavy atom. The zero-order chi connectivity index (χ0) is 10.5. The summed E-state index contributed by atoms with van der Waals surface area (Å²) in [4.78, 5) is 16.5. The molecule has 1 aromatic carbocycles. The molecular weight excluding hydrogens is 212 g/mol. The molecule has 1 fully saturated rings. The van der Waals surface area contributed by atoms with E-state index in [1.54, 1.807) is 0 Å². The highest BCUT2D eigenvalue weighted by Crippen LogP contribution is 2.36. The van der Waals surface area contributed by atoms with Gasteiger partial charge in [0.2, 0.25) is 0 Å². The van der Waals surface area contributed by atoms with Gasteiger partial charge in [-0.05, 0) is 17.7 Å². The summed E-state index contributed by atoms with van der Waals surface area (Å²) in [5, 5.41) is 0. The fourth-order valence-electron chi connectivity index (χ4n) is 1.78. The number of hydrogen-bond donors (Lipinski definition) is 3. The van der Waals surface area contributed by atoms with Crippen LogP contribution in [0.25, 0.3) is 11.0 Å². The molecule has 3 rings (SSSR count). The predicted octanol–water partition coefficient (Wildman–Crippen LogP) is 1.01. The van der Waals surface area contributed by atoms with Gasteiger partial charge >= 0.3 is 5.69 Å². The van der Waals surface area contributed by atoms with Crippen LogP contribution < -0.4 is 5.69 Å². The quantitative estimate of drug-likeness (QED) is 0.631. The molecule has 0 unspecified atom stereocenters. The standard InChI is InChI=1S/C10H10N2O2S/c13-9-11-7-2-1-6(3-8(7)12-9)10(15)4-14-5-10/h1-3,15H,4-5H2,(H2,11,12,13). The fraction of sp³-hybridized carbons (Fsp3) is 0.300. The summed E-state index contributed by atoms with van der Waals surface area (Å²) in [5.41, 5.74) is 2.54. The zero-order valence-electron chi connectivity index (χ0n) is 7.91. The maximum Gasteiger partial charge on any atom is 0.323 e. The van der Waals surface area contributed by atoms with Crippen molar-refractivity contribution in [2.24, 2.45) is 0 Å². The highest BCUT2D eigenvalue weighted by Gasteiger charge is 2.36. The molecule has 1 aliphatic rings. The lowest BCUT2D eigenvalue weighted by Gasteiger charge is -2.37. The van der Waals surface area contributed by atoms with Gasteiger partial charge in [-0.2, -0.15) is 12.6 Å². The molecule has 5 heteroatoms. The number of aromatic nitrogens is 2. The van der Waals surface area contributed by atoms with Crippen molar-refractivity contribution in [3.05, 3.63) is 34.2 Å². The number of hydrogen-bond acceptors (Lipinski definition) is 3. The van der Waals surface area contributed by atoms with Crippen LogP contribution >= 0.6 is 12.6 Å². The zero-order valence-corrected chi connectivity index (χ0v) is 8.80. The Bertz CT molecular complexity index is 568. The number of H-pyrrole nitrogens is 2. The Hall–Kier alpha value is -1.20. The van der Waals surface area contributed by atoms with E-state index in [-0.39, 0.29) is 10.4 Å². The first-order valence-corrected chi connectivity index (χ1v) is 5.15. The van der Waals surface area contributed by atoms with Crippen LogP contribution in [0.15, 0.2) is 23.0 Å². The Balaban J connectivity index is 2.17.